The molecule has 0 amide bonds. The van der Waals surface area contributed by atoms with Crippen LogP contribution in [0.15, 0.2) is 53.8 Å². The van der Waals surface area contributed by atoms with Gasteiger partial charge in [0, 0.05) is 17.3 Å². The average molecular weight is 256 g/mol. The van der Waals surface area contributed by atoms with E-state index in [4.69, 9.17) is 9.94 Å². The van der Waals surface area contributed by atoms with Gasteiger partial charge in [0.05, 0.1) is 18.0 Å². The van der Waals surface area contributed by atoms with Gasteiger partial charge < -0.3 is 9.94 Å². The number of aliphatic hydroxyl groups is 1. The minimum atomic E-state index is -0.0397. The molecule has 2 aromatic rings. The second-order valence-corrected chi connectivity index (χ2v) is 4.03. The number of aromatic nitrogens is 1. The van der Waals surface area contributed by atoms with Gasteiger partial charge in [0.25, 0.3) is 0 Å². The highest BCUT2D eigenvalue weighted by Crippen LogP contribution is 2.16. The van der Waals surface area contributed by atoms with Gasteiger partial charge >= 0.3 is 0 Å². The lowest BCUT2D eigenvalue weighted by atomic mass is 10.1. The monoisotopic (exact) mass is 256 g/mol. The molecule has 1 N–H and O–H groups in total. The molecule has 4 nitrogen and oxygen atoms in total. The number of aliphatic hydroxyl groups excluding tert-OH is 1. The number of hydrogen-bond acceptors (Lipinski definition) is 4. The predicted molar refractivity (Wildman–Crippen MR) is 74.9 cm³/mol. The summed E-state index contributed by atoms with van der Waals surface area (Å²) in [6.45, 7) is 2.01. The zero-order valence-electron chi connectivity index (χ0n) is 10.8. The molecule has 4 heteroatoms. The molecule has 1 aromatic heterocycles. The van der Waals surface area contributed by atoms with Crippen LogP contribution in [0.3, 0.4) is 0 Å². The molecule has 19 heavy (non-hydrogen) atoms. The first-order valence-corrected chi connectivity index (χ1v) is 6.10. The Bertz CT molecular complexity index is 536. The van der Waals surface area contributed by atoms with Crippen molar-refractivity contribution in [3.63, 3.8) is 0 Å². The molecule has 0 aliphatic rings. The van der Waals surface area contributed by atoms with Gasteiger partial charge in [0.2, 0.25) is 0 Å². The number of nitrogens with zero attached hydrogens (tertiary/aromatic N) is 2. The third-order valence-electron chi connectivity index (χ3n) is 2.63. The molecule has 0 aliphatic carbocycles. The molecule has 0 spiro atoms. The number of rotatable bonds is 5. The van der Waals surface area contributed by atoms with Gasteiger partial charge in [-0.05, 0) is 19.1 Å². The highest BCUT2D eigenvalue weighted by molar-refractivity contribution is 5.98. The maximum Gasteiger partial charge on any atom is 0.140 e. The summed E-state index contributed by atoms with van der Waals surface area (Å²) >= 11 is 0. The Morgan fingerprint density at radius 2 is 2.00 bits per heavy atom. The standard InChI is InChI=1S/C15H16N2O2/c1-12(17-19-10-9-18)14-7-8-15(16-11-14)13-5-3-2-4-6-13/h2-8,11,18H,9-10H2,1H3. The van der Waals surface area contributed by atoms with Crippen molar-refractivity contribution in [3.8, 4) is 11.3 Å². The van der Waals surface area contributed by atoms with Gasteiger partial charge in [-0.2, -0.15) is 0 Å². The molecule has 1 aromatic carbocycles. The van der Waals surface area contributed by atoms with Crippen molar-refractivity contribution < 1.29 is 9.94 Å². The second-order valence-electron chi connectivity index (χ2n) is 4.03. The zero-order valence-corrected chi connectivity index (χ0v) is 10.8. The van der Waals surface area contributed by atoms with Crippen molar-refractivity contribution in [2.24, 2.45) is 5.16 Å². The Kier molecular flexibility index (Phi) is 4.64. The first-order chi connectivity index (χ1) is 9.31. The van der Waals surface area contributed by atoms with Gasteiger partial charge in [-0.25, -0.2) is 0 Å². The summed E-state index contributed by atoms with van der Waals surface area (Å²) in [6, 6.07) is 13.9. The first-order valence-electron chi connectivity index (χ1n) is 6.10. The normalized spacial score (nSPS) is 11.4. The number of pyridine rings is 1. The van der Waals surface area contributed by atoms with E-state index in [0.29, 0.717) is 0 Å². The molecule has 0 radical (unpaired) electrons. The van der Waals surface area contributed by atoms with Crippen molar-refractivity contribution in [3.05, 3.63) is 54.2 Å². The summed E-state index contributed by atoms with van der Waals surface area (Å²) in [6.07, 6.45) is 1.77. The first kappa shape index (κ1) is 13.2. The molecule has 1 heterocycles. The molecule has 98 valence electrons. The van der Waals surface area contributed by atoms with E-state index in [9.17, 15) is 0 Å². The van der Waals surface area contributed by atoms with Gasteiger partial charge in [-0.3, -0.25) is 4.98 Å². The maximum atomic E-state index is 8.61. The van der Waals surface area contributed by atoms with Crippen LogP contribution in [-0.2, 0) is 4.84 Å². The largest absolute Gasteiger partial charge is 0.393 e. The van der Waals surface area contributed by atoms with Gasteiger partial charge in [-0.1, -0.05) is 35.5 Å². The smallest absolute Gasteiger partial charge is 0.140 e. The molecule has 2 rings (SSSR count). The summed E-state index contributed by atoms with van der Waals surface area (Å²) in [5.74, 6) is 0. The van der Waals surface area contributed by atoms with Crippen LogP contribution in [0.2, 0.25) is 0 Å². The van der Waals surface area contributed by atoms with Crippen LogP contribution in [0.25, 0.3) is 11.3 Å². The van der Waals surface area contributed by atoms with E-state index in [2.05, 4.69) is 10.1 Å². The molecule has 0 fully saturated rings. The molecular weight excluding hydrogens is 240 g/mol. The van der Waals surface area contributed by atoms with E-state index in [1.807, 2.05) is 49.4 Å². The zero-order chi connectivity index (χ0) is 13.5. The van der Waals surface area contributed by atoms with Crippen LogP contribution < -0.4 is 0 Å². The maximum absolute atomic E-state index is 8.61. The average Bonchev–Trinajstić information content (AvgIpc) is 2.48. The Balaban J connectivity index is 2.12. The summed E-state index contributed by atoms with van der Waals surface area (Å²) < 4.78 is 0. The molecule has 0 aliphatic heterocycles. The molecule has 0 saturated heterocycles. The van der Waals surface area contributed by atoms with E-state index in [0.717, 1.165) is 22.5 Å². The van der Waals surface area contributed by atoms with Crippen LogP contribution in [0.1, 0.15) is 12.5 Å². The Hall–Kier alpha value is -2.20. The Morgan fingerprint density at radius 1 is 1.21 bits per heavy atom. The van der Waals surface area contributed by atoms with E-state index in [1.165, 1.54) is 0 Å². The highest BCUT2D eigenvalue weighted by Gasteiger charge is 2.01. The van der Waals surface area contributed by atoms with E-state index >= 15 is 0 Å². The van der Waals surface area contributed by atoms with Gasteiger partial charge in [-0.15, -0.1) is 0 Å². The minimum absolute atomic E-state index is 0.0397. The van der Waals surface area contributed by atoms with Crippen LogP contribution in [-0.4, -0.2) is 29.0 Å². The minimum Gasteiger partial charge on any atom is -0.393 e. The number of oxime groups is 1. The predicted octanol–water partition coefficient (Wildman–Crippen LogP) is 2.48. The van der Waals surface area contributed by atoms with E-state index < -0.39 is 0 Å². The SMILES string of the molecule is CC(=NOCCO)c1ccc(-c2ccccc2)nc1. The van der Waals surface area contributed by atoms with Crippen LogP contribution in [0, 0.1) is 0 Å². The lowest BCUT2D eigenvalue weighted by Crippen LogP contribution is -2.00. The fraction of sp³-hybridized carbons (Fsp3) is 0.200. The van der Waals surface area contributed by atoms with Gasteiger partial charge in [0.1, 0.15) is 6.61 Å². The van der Waals surface area contributed by atoms with E-state index in [-0.39, 0.29) is 13.2 Å². The van der Waals surface area contributed by atoms with Crippen LogP contribution >= 0.6 is 0 Å². The summed E-state index contributed by atoms with van der Waals surface area (Å²) in [4.78, 5) is 9.34. The molecule has 0 atom stereocenters. The Morgan fingerprint density at radius 3 is 2.63 bits per heavy atom. The van der Waals surface area contributed by atoms with Gasteiger partial charge in [0.15, 0.2) is 0 Å². The summed E-state index contributed by atoms with van der Waals surface area (Å²) in [7, 11) is 0. The lowest BCUT2D eigenvalue weighted by molar-refractivity contribution is 0.0986. The van der Waals surface area contributed by atoms with Crippen molar-refractivity contribution in [2.75, 3.05) is 13.2 Å². The number of hydrogen-bond donors (Lipinski definition) is 1. The fourth-order valence-corrected chi connectivity index (χ4v) is 1.62. The quantitative estimate of drug-likeness (QED) is 0.508. The summed E-state index contributed by atoms with van der Waals surface area (Å²) in [5.41, 5.74) is 3.65. The van der Waals surface area contributed by atoms with Crippen LogP contribution in [0.5, 0.6) is 0 Å². The third kappa shape index (κ3) is 3.63. The molecule has 0 unspecified atom stereocenters. The molecular formula is C15H16N2O2. The van der Waals surface area contributed by atoms with Crippen LogP contribution in [0.4, 0.5) is 0 Å². The Labute approximate surface area is 112 Å². The topological polar surface area (TPSA) is 54.7 Å². The van der Waals surface area contributed by atoms with Crippen molar-refractivity contribution in [1.29, 1.82) is 0 Å². The van der Waals surface area contributed by atoms with Crippen molar-refractivity contribution >= 4 is 5.71 Å². The third-order valence-corrected chi connectivity index (χ3v) is 2.63. The molecule has 0 saturated carbocycles. The lowest BCUT2D eigenvalue weighted by Gasteiger charge is -2.03. The fourth-order valence-electron chi connectivity index (χ4n) is 1.62. The highest BCUT2D eigenvalue weighted by atomic mass is 16.6. The van der Waals surface area contributed by atoms with E-state index in [1.54, 1.807) is 6.20 Å². The van der Waals surface area contributed by atoms with Crippen molar-refractivity contribution in [2.45, 2.75) is 6.92 Å². The second kappa shape index (κ2) is 6.66. The van der Waals surface area contributed by atoms with Crippen molar-refractivity contribution in [1.82, 2.24) is 4.98 Å². The number of benzene rings is 1. The summed E-state index contributed by atoms with van der Waals surface area (Å²) in [5, 5.41) is 12.5. The molecule has 0 bridgehead atoms.